The second-order valence-electron chi connectivity index (χ2n) is 7.70. The molecule has 0 spiro atoms. The highest BCUT2D eigenvalue weighted by atomic mass is 16.5. The van der Waals surface area contributed by atoms with Crippen molar-refractivity contribution in [3.63, 3.8) is 0 Å². The Bertz CT molecular complexity index is 598. The van der Waals surface area contributed by atoms with Crippen molar-refractivity contribution in [3.8, 4) is 5.75 Å². The third kappa shape index (κ3) is 17.5. The lowest BCUT2D eigenvalue weighted by Crippen LogP contribution is -1.92. The molecule has 0 aliphatic heterocycles. The van der Waals surface area contributed by atoms with Gasteiger partial charge >= 0.3 is 0 Å². The summed E-state index contributed by atoms with van der Waals surface area (Å²) in [7, 11) is 0. The van der Waals surface area contributed by atoms with Gasteiger partial charge < -0.3 is 14.9 Å². The van der Waals surface area contributed by atoms with E-state index in [-0.39, 0.29) is 12.4 Å². The number of ether oxygens (including phenoxy) is 1. The highest BCUT2D eigenvalue weighted by molar-refractivity contribution is 5.58. The molecule has 0 unspecified atom stereocenters. The van der Waals surface area contributed by atoms with E-state index in [0.717, 1.165) is 38.0 Å². The van der Waals surface area contributed by atoms with Crippen molar-refractivity contribution in [3.05, 3.63) is 59.7 Å². The van der Waals surface area contributed by atoms with E-state index in [4.69, 9.17) is 4.74 Å². The maximum Gasteiger partial charge on any atom is 0.121 e. The van der Waals surface area contributed by atoms with Crippen LogP contribution in [0, 0.1) is 0 Å². The molecule has 0 amide bonds. The molecule has 0 heterocycles. The van der Waals surface area contributed by atoms with Gasteiger partial charge in [-0.2, -0.15) is 0 Å². The van der Waals surface area contributed by atoms with Crippen LogP contribution in [0.5, 0.6) is 5.75 Å². The Morgan fingerprint density at radius 1 is 0.774 bits per heavy atom. The lowest BCUT2D eigenvalue weighted by Gasteiger charge is -2.04. The van der Waals surface area contributed by atoms with Crippen LogP contribution in [0.15, 0.2) is 48.6 Å². The number of phenols is 1. The van der Waals surface area contributed by atoms with Gasteiger partial charge in [0.15, 0.2) is 0 Å². The van der Waals surface area contributed by atoms with Gasteiger partial charge in [-0.3, -0.25) is 0 Å². The molecule has 0 aliphatic rings. The number of benzene rings is 1. The first-order valence-corrected chi connectivity index (χ1v) is 12.2. The van der Waals surface area contributed by atoms with E-state index in [1.165, 1.54) is 44.9 Å². The maximum absolute atomic E-state index is 9.67. The highest BCUT2D eigenvalue weighted by Crippen LogP contribution is 2.21. The first-order chi connectivity index (χ1) is 15.2. The number of aromatic hydroxyl groups is 1. The number of aliphatic hydroxyl groups excluding tert-OH is 1. The molecule has 1 aromatic rings. The first-order valence-electron chi connectivity index (χ1n) is 12.2. The average molecular weight is 431 g/mol. The lowest BCUT2D eigenvalue weighted by molar-refractivity contribution is 0.135. The molecule has 0 saturated heterocycles. The minimum atomic E-state index is -0.158. The molecule has 3 nitrogen and oxygen atoms in total. The highest BCUT2D eigenvalue weighted by Gasteiger charge is 2.02. The number of hydrogen-bond acceptors (Lipinski definition) is 3. The second-order valence-corrected chi connectivity index (χ2v) is 7.70. The zero-order valence-corrected chi connectivity index (χ0v) is 20.2. The fourth-order valence-corrected chi connectivity index (χ4v) is 2.99. The number of hydrogen-bond donors (Lipinski definition) is 2. The van der Waals surface area contributed by atoms with Crippen molar-refractivity contribution < 1.29 is 14.9 Å². The van der Waals surface area contributed by atoms with Crippen molar-refractivity contribution in [2.75, 3.05) is 13.2 Å². The predicted octanol–water partition coefficient (Wildman–Crippen LogP) is 7.97. The summed E-state index contributed by atoms with van der Waals surface area (Å²) in [6, 6.07) is 5.25. The van der Waals surface area contributed by atoms with E-state index in [2.05, 4.69) is 32.9 Å². The molecule has 3 heteroatoms. The summed E-state index contributed by atoms with van der Waals surface area (Å²) in [4.78, 5) is 0. The quantitative estimate of drug-likeness (QED) is 0.206. The van der Waals surface area contributed by atoms with E-state index >= 15 is 0 Å². The molecule has 0 aliphatic carbocycles. The summed E-state index contributed by atoms with van der Waals surface area (Å²) in [6.07, 6.45) is 24.9. The zero-order chi connectivity index (χ0) is 23.0. The molecular weight excluding hydrogens is 384 g/mol. The van der Waals surface area contributed by atoms with Crippen LogP contribution in [-0.2, 0) is 11.3 Å². The Balaban J connectivity index is 0.00000110. The van der Waals surface area contributed by atoms with Crippen LogP contribution >= 0.6 is 0 Å². The van der Waals surface area contributed by atoms with Gasteiger partial charge in [-0.05, 0) is 37.3 Å². The summed E-state index contributed by atoms with van der Waals surface area (Å²) in [6.45, 7) is 8.18. The maximum atomic E-state index is 9.67. The standard InChI is InChI=1S/C22H32O2.C6H14O/c1-2-3-4-5-6-7-8-9-10-11-12-13-14-16-20-17-15-18-22(24)21(20)19-23;1-3-5-7-6-4-2/h10-18,23-24H,2-9,19H2,1H3;3-6H2,1-2H3. The van der Waals surface area contributed by atoms with Gasteiger partial charge in [0, 0.05) is 18.8 Å². The Morgan fingerprint density at radius 2 is 1.42 bits per heavy atom. The van der Waals surface area contributed by atoms with Crippen molar-refractivity contribution >= 4 is 6.08 Å². The van der Waals surface area contributed by atoms with Crippen molar-refractivity contribution in [1.29, 1.82) is 0 Å². The van der Waals surface area contributed by atoms with Gasteiger partial charge in [-0.1, -0.05) is 108 Å². The van der Waals surface area contributed by atoms with Gasteiger partial charge in [0.1, 0.15) is 5.75 Å². The van der Waals surface area contributed by atoms with E-state index in [1.54, 1.807) is 12.1 Å². The molecule has 0 aromatic heterocycles. The monoisotopic (exact) mass is 430 g/mol. The number of aliphatic hydroxyl groups is 1. The van der Waals surface area contributed by atoms with Crippen LogP contribution in [0.2, 0.25) is 0 Å². The SMILES string of the molecule is CCCCCCCCCC=CC=CC=Cc1cccc(O)c1CO.CCCOCCC. The molecule has 31 heavy (non-hydrogen) atoms. The molecule has 2 N–H and O–H groups in total. The molecule has 1 aromatic carbocycles. The summed E-state index contributed by atoms with van der Waals surface area (Å²) in [5, 5.41) is 19.0. The van der Waals surface area contributed by atoms with Gasteiger partial charge in [-0.15, -0.1) is 0 Å². The molecule has 0 saturated carbocycles. The molecule has 0 radical (unpaired) electrons. The van der Waals surface area contributed by atoms with Gasteiger partial charge in [0.25, 0.3) is 0 Å². The molecule has 176 valence electrons. The minimum absolute atomic E-state index is 0.137. The second kappa shape index (κ2) is 22.8. The van der Waals surface area contributed by atoms with Crippen LogP contribution in [-0.4, -0.2) is 23.4 Å². The third-order valence-electron chi connectivity index (χ3n) is 4.76. The summed E-state index contributed by atoms with van der Waals surface area (Å²) in [5.74, 6) is 0.137. The number of unbranched alkanes of at least 4 members (excludes halogenated alkanes) is 7. The Labute approximate surface area is 191 Å². The largest absolute Gasteiger partial charge is 0.508 e. The van der Waals surface area contributed by atoms with Crippen molar-refractivity contribution in [1.82, 2.24) is 0 Å². The normalized spacial score (nSPS) is 11.5. The number of rotatable bonds is 16. The van der Waals surface area contributed by atoms with E-state index in [1.807, 2.05) is 30.4 Å². The molecule has 0 fully saturated rings. The minimum Gasteiger partial charge on any atom is -0.508 e. The predicted molar refractivity (Wildman–Crippen MR) is 135 cm³/mol. The van der Waals surface area contributed by atoms with Crippen molar-refractivity contribution in [2.45, 2.75) is 91.6 Å². The zero-order valence-electron chi connectivity index (χ0n) is 20.2. The lowest BCUT2D eigenvalue weighted by atomic mass is 10.1. The van der Waals surface area contributed by atoms with E-state index in [9.17, 15) is 10.2 Å². The van der Waals surface area contributed by atoms with Crippen LogP contribution in [0.1, 0.15) is 96.1 Å². The Hall–Kier alpha value is -1.84. The molecule has 1 rings (SSSR count). The number of allylic oxidation sites excluding steroid dienone is 5. The van der Waals surface area contributed by atoms with Gasteiger partial charge in [0.2, 0.25) is 0 Å². The summed E-state index contributed by atoms with van der Waals surface area (Å²) >= 11 is 0. The molecular formula is C28H46O3. The van der Waals surface area contributed by atoms with Crippen LogP contribution < -0.4 is 0 Å². The summed E-state index contributed by atoms with van der Waals surface area (Å²) in [5.41, 5.74) is 1.41. The third-order valence-corrected chi connectivity index (χ3v) is 4.76. The smallest absolute Gasteiger partial charge is 0.121 e. The first kappa shape index (κ1) is 29.2. The van der Waals surface area contributed by atoms with Crippen LogP contribution in [0.25, 0.3) is 6.08 Å². The molecule has 0 bridgehead atoms. The fraction of sp³-hybridized carbons (Fsp3) is 0.571. The fourth-order valence-electron chi connectivity index (χ4n) is 2.99. The topological polar surface area (TPSA) is 49.7 Å². The average Bonchev–Trinajstić information content (AvgIpc) is 2.78. The summed E-state index contributed by atoms with van der Waals surface area (Å²) < 4.78 is 5.13. The molecule has 0 atom stereocenters. The van der Waals surface area contributed by atoms with Gasteiger partial charge in [0.05, 0.1) is 6.61 Å². The van der Waals surface area contributed by atoms with Crippen LogP contribution in [0.3, 0.4) is 0 Å². The van der Waals surface area contributed by atoms with Crippen LogP contribution in [0.4, 0.5) is 0 Å². The van der Waals surface area contributed by atoms with E-state index < -0.39 is 0 Å². The van der Waals surface area contributed by atoms with Gasteiger partial charge in [-0.25, -0.2) is 0 Å². The Morgan fingerprint density at radius 3 is 2.06 bits per heavy atom. The Kier molecular flexibility index (Phi) is 21.5. The van der Waals surface area contributed by atoms with Crippen molar-refractivity contribution in [2.24, 2.45) is 0 Å². The van der Waals surface area contributed by atoms with E-state index in [0.29, 0.717) is 5.56 Å².